The normalized spacial score (nSPS) is 29.0. The maximum Gasteiger partial charge on any atom is 0.00675 e. The first-order chi connectivity index (χ1) is 7.26. The van der Waals surface area contributed by atoms with Crippen LogP contribution >= 0.6 is 27.7 Å². The van der Waals surface area contributed by atoms with E-state index in [0.29, 0.717) is 0 Å². The van der Waals surface area contributed by atoms with Crippen LogP contribution < -0.4 is 0 Å². The second-order valence-electron chi connectivity index (χ2n) is 5.04. The zero-order valence-electron chi connectivity index (χ0n) is 10.2. The van der Waals surface area contributed by atoms with Crippen LogP contribution in [-0.4, -0.2) is 16.3 Å². The van der Waals surface area contributed by atoms with Crippen LogP contribution in [0.25, 0.3) is 0 Å². The molecule has 1 aliphatic rings. The van der Waals surface area contributed by atoms with Crippen molar-refractivity contribution in [3.8, 4) is 0 Å². The molecule has 1 rings (SSSR count). The Kier molecular flexibility index (Phi) is 7.41. The summed E-state index contributed by atoms with van der Waals surface area (Å²) in [5.41, 5.74) is 0. The number of rotatable bonds is 6. The Hall–Kier alpha value is 0.830. The van der Waals surface area contributed by atoms with Gasteiger partial charge >= 0.3 is 0 Å². The first-order valence-electron chi connectivity index (χ1n) is 6.43. The van der Waals surface area contributed by atoms with E-state index in [1.807, 2.05) is 0 Å². The summed E-state index contributed by atoms with van der Waals surface area (Å²) < 4.78 is 0. The molecule has 2 heteroatoms. The number of hydrogen-bond donors (Lipinski definition) is 0. The van der Waals surface area contributed by atoms with E-state index in [9.17, 15) is 0 Å². The van der Waals surface area contributed by atoms with Crippen molar-refractivity contribution in [3.63, 3.8) is 0 Å². The minimum atomic E-state index is 0.900. The molecule has 0 saturated heterocycles. The highest BCUT2D eigenvalue weighted by Crippen LogP contribution is 2.33. The Labute approximate surface area is 108 Å². The lowest BCUT2D eigenvalue weighted by Gasteiger charge is -2.27. The van der Waals surface area contributed by atoms with Gasteiger partial charge < -0.3 is 0 Å². The number of hydrogen-bond acceptors (Lipinski definition) is 1. The van der Waals surface area contributed by atoms with E-state index >= 15 is 0 Å². The Morgan fingerprint density at radius 1 is 1.40 bits per heavy atom. The molecule has 0 aromatic carbocycles. The van der Waals surface area contributed by atoms with Gasteiger partial charge in [-0.05, 0) is 36.9 Å². The molecular formula is C13H25BrS. The molecule has 0 N–H and O–H groups in total. The molecule has 0 aliphatic heterocycles. The van der Waals surface area contributed by atoms with E-state index in [0.717, 1.165) is 17.1 Å². The van der Waals surface area contributed by atoms with Gasteiger partial charge in [0.05, 0.1) is 0 Å². The predicted molar refractivity (Wildman–Crippen MR) is 76.1 cm³/mol. The third-order valence-electron chi connectivity index (χ3n) is 3.37. The van der Waals surface area contributed by atoms with E-state index < -0.39 is 0 Å². The van der Waals surface area contributed by atoms with Gasteiger partial charge in [-0.1, -0.05) is 49.0 Å². The molecule has 15 heavy (non-hydrogen) atoms. The summed E-state index contributed by atoms with van der Waals surface area (Å²) in [6, 6.07) is 0. The molecule has 0 amide bonds. The van der Waals surface area contributed by atoms with Crippen LogP contribution in [-0.2, 0) is 0 Å². The van der Waals surface area contributed by atoms with Gasteiger partial charge in [-0.3, -0.25) is 0 Å². The van der Waals surface area contributed by atoms with E-state index in [1.165, 1.54) is 49.6 Å². The quantitative estimate of drug-likeness (QED) is 0.613. The fourth-order valence-electron chi connectivity index (χ4n) is 2.42. The third-order valence-corrected chi connectivity index (χ3v) is 5.85. The zero-order chi connectivity index (χ0) is 11.1. The van der Waals surface area contributed by atoms with Crippen molar-refractivity contribution in [1.82, 2.24) is 0 Å². The van der Waals surface area contributed by atoms with Crippen molar-refractivity contribution in [3.05, 3.63) is 0 Å². The molecular weight excluding hydrogens is 268 g/mol. The average molecular weight is 293 g/mol. The van der Waals surface area contributed by atoms with Gasteiger partial charge in [-0.25, -0.2) is 0 Å². The first kappa shape index (κ1) is 13.9. The molecule has 1 fully saturated rings. The Balaban J connectivity index is 2.16. The van der Waals surface area contributed by atoms with Crippen molar-refractivity contribution in [1.29, 1.82) is 0 Å². The summed E-state index contributed by atoms with van der Waals surface area (Å²) in [7, 11) is 0. The third kappa shape index (κ3) is 5.63. The molecule has 1 aliphatic carbocycles. The van der Waals surface area contributed by atoms with Gasteiger partial charge in [-0.15, -0.1) is 0 Å². The second-order valence-corrected chi connectivity index (χ2v) is 7.02. The molecule has 0 spiro atoms. The highest BCUT2D eigenvalue weighted by molar-refractivity contribution is 9.09. The largest absolute Gasteiger partial charge is 0.158 e. The van der Waals surface area contributed by atoms with E-state index in [1.54, 1.807) is 0 Å². The maximum atomic E-state index is 3.64. The van der Waals surface area contributed by atoms with Crippen LogP contribution in [0.15, 0.2) is 0 Å². The predicted octanol–water partition coefficient (Wildman–Crippen LogP) is 5.11. The number of thioether (sulfide) groups is 1. The molecule has 0 radical (unpaired) electrons. The highest BCUT2D eigenvalue weighted by atomic mass is 79.9. The van der Waals surface area contributed by atoms with Gasteiger partial charge in [0.2, 0.25) is 0 Å². The van der Waals surface area contributed by atoms with Crippen molar-refractivity contribution in [2.24, 2.45) is 11.8 Å². The highest BCUT2D eigenvalue weighted by Gasteiger charge is 2.20. The van der Waals surface area contributed by atoms with Crippen molar-refractivity contribution in [2.45, 2.75) is 57.6 Å². The maximum absolute atomic E-state index is 3.64. The van der Waals surface area contributed by atoms with Crippen molar-refractivity contribution >= 4 is 27.7 Å². The average Bonchev–Trinajstić information content (AvgIpc) is 2.24. The van der Waals surface area contributed by atoms with Gasteiger partial charge in [0, 0.05) is 10.6 Å². The van der Waals surface area contributed by atoms with Crippen LogP contribution in [0, 0.1) is 11.8 Å². The van der Waals surface area contributed by atoms with Gasteiger partial charge in [0.1, 0.15) is 0 Å². The van der Waals surface area contributed by atoms with Crippen molar-refractivity contribution in [2.75, 3.05) is 11.1 Å². The fraction of sp³-hybridized carbons (Fsp3) is 1.00. The van der Waals surface area contributed by atoms with Gasteiger partial charge in [0.15, 0.2) is 0 Å². The molecule has 90 valence electrons. The van der Waals surface area contributed by atoms with Crippen LogP contribution in [0.3, 0.4) is 0 Å². The molecule has 0 nitrogen and oxygen atoms in total. The smallest absolute Gasteiger partial charge is 0.00675 e. The van der Waals surface area contributed by atoms with Crippen LogP contribution in [0.5, 0.6) is 0 Å². The lowest BCUT2D eigenvalue weighted by Crippen LogP contribution is -2.17. The molecule has 0 aromatic rings. The lowest BCUT2D eigenvalue weighted by molar-refractivity contribution is 0.393. The summed E-state index contributed by atoms with van der Waals surface area (Å²) >= 11 is 5.88. The van der Waals surface area contributed by atoms with Crippen LogP contribution in [0.1, 0.15) is 52.4 Å². The topological polar surface area (TPSA) is 0 Å². The summed E-state index contributed by atoms with van der Waals surface area (Å²) in [6.07, 6.45) is 8.58. The summed E-state index contributed by atoms with van der Waals surface area (Å²) in [6.45, 7) is 4.71. The van der Waals surface area contributed by atoms with E-state index in [-0.39, 0.29) is 0 Å². The first-order valence-corrected chi connectivity index (χ1v) is 8.60. The number of halogens is 1. The van der Waals surface area contributed by atoms with E-state index in [4.69, 9.17) is 0 Å². The SMILES string of the molecule is CCCC(CBr)CSC1CCCC(C)C1. The zero-order valence-corrected chi connectivity index (χ0v) is 12.6. The summed E-state index contributed by atoms with van der Waals surface area (Å²) in [5.74, 6) is 3.25. The molecule has 3 unspecified atom stereocenters. The molecule has 0 aromatic heterocycles. The second kappa shape index (κ2) is 8.00. The van der Waals surface area contributed by atoms with Gasteiger partial charge in [0.25, 0.3) is 0 Å². The van der Waals surface area contributed by atoms with Crippen LogP contribution in [0.4, 0.5) is 0 Å². The standard InChI is InChI=1S/C13H25BrS/c1-3-5-12(9-14)10-15-13-7-4-6-11(2)8-13/h11-13H,3-10H2,1-2H3. The Bertz CT molecular complexity index is 161. The number of alkyl halides is 1. The Morgan fingerprint density at radius 2 is 2.20 bits per heavy atom. The summed E-state index contributed by atoms with van der Waals surface area (Å²) in [4.78, 5) is 0. The summed E-state index contributed by atoms with van der Waals surface area (Å²) in [5, 5.41) is 2.16. The lowest BCUT2D eigenvalue weighted by atomic mass is 9.91. The fourth-order valence-corrected chi connectivity index (χ4v) is 4.90. The van der Waals surface area contributed by atoms with E-state index in [2.05, 4.69) is 41.5 Å². The Morgan fingerprint density at radius 3 is 2.80 bits per heavy atom. The monoisotopic (exact) mass is 292 g/mol. The van der Waals surface area contributed by atoms with Gasteiger partial charge in [-0.2, -0.15) is 11.8 Å². The molecule has 1 saturated carbocycles. The molecule has 3 atom stereocenters. The minimum absolute atomic E-state index is 0.900. The minimum Gasteiger partial charge on any atom is -0.158 e. The molecule has 0 bridgehead atoms. The van der Waals surface area contributed by atoms with Crippen molar-refractivity contribution < 1.29 is 0 Å². The van der Waals surface area contributed by atoms with Crippen LogP contribution in [0.2, 0.25) is 0 Å². The molecule has 0 heterocycles.